The second-order valence-electron chi connectivity index (χ2n) is 5.67. The number of ether oxygens (including phenoxy) is 1. The second kappa shape index (κ2) is 8.21. The van der Waals surface area contributed by atoms with Gasteiger partial charge in [0.05, 0.1) is 11.2 Å². The van der Waals surface area contributed by atoms with Gasteiger partial charge in [0.2, 0.25) is 0 Å². The minimum atomic E-state index is -0.700. The van der Waals surface area contributed by atoms with Crippen molar-refractivity contribution in [2.45, 2.75) is 13.0 Å². The summed E-state index contributed by atoms with van der Waals surface area (Å²) in [6.07, 6.45) is 0.758. The summed E-state index contributed by atoms with van der Waals surface area (Å²) in [5, 5.41) is 7.06. The molecule has 0 unspecified atom stereocenters. The van der Waals surface area contributed by atoms with Crippen LogP contribution in [0, 0.1) is 0 Å². The highest BCUT2D eigenvalue weighted by molar-refractivity contribution is 6.36. The van der Waals surface area contributed by atoms with Gasteiger partial charge in [-0.25, -0.2) is 5.43 Å². The Morgan fingerprint density at radius 1 is 1.08 bits per heavy atom. The van der Waals surface area contributed by atoms with E-state index in [4.69, 9.17) is 27.9 Å². The first kappa shape index (κ1) is 18.2. The van der Waals surface area contributed by atoms with Crippen LogP contribution in [0.1, 0.15) is 12.5 Å². The summed E-state index contributed by atoms with van der Waals surface area (Å²) in [5.41, 5.74) is 3.10. The van der Waals surface area contributed by atoms with Gasteiger partial charge in [-0.15, -0.1) is 0 Å². The van der Waals surface area contributed by atoms with Gasteiger partial charge in [-0.2, -0.15) is 5.10 Å². The number of halogens is 2. The summed E-state index contributed by atoms with van der Waals surface area (Å²) in [6.45, 7) is 1.66. The maximum atomic E-state index is 12.1. The Kier molecular flexibility index (Phi) is 5.76. The molecule has 0 fully saturated rings. The average Bonchev–Trinajstić information content (AvgIpc) is 2.63. The monoisotopic (exact) mass is 386 g/mol. The Labute approximate surface area is 161 Å². The molecule has 4 nitrogen and oxygen atoms in total. The molecule has 0 radical (unpaired) electrons. The predicted octanol–water partition coefficient (Wildman–Crippen LogP) is 5.06. The van der Waals surface area contributed by atoms with Gasteiger partial charge in [0, 0.05) is 10.6 Å². The fraction of sp³-hybridized carbons (Fsp3) is 0.100. The summed E-state index contributed by atoms with van der Waals surface area (Å²) >= 11 is 11.9. The highest BCUT2D eigenvalue weighted by atomic mass is 35.5. The Balaban J connectivity index is 1.60. The topological polar surface area (TPSA) is 50.7 Å². The van der Waals surface area contributed by atoms with Crippen LogP contribution in [0.3, 0.4) is 0 Å². The van der Waals surface area contributed by atoms with E-state index in [1.54, 1.807) is 25.1 Å². The average molecular weight is 387 g/mol. The lowest BCUT2D eigenvalue weighted by Gasteiger charge is -2.13. The van der Waals surface area contributed by atoms with Crippen LogP contribution in [0.15, 0.2) is 65.8 Å². The summed E-state index contributed by atoms with van der Waals surface area (Å²) < 4.78 is 5.70. The molecule has 1 amide bonds. The van der Waals surface area contributed by atoms with Crippen molar-refractivity contribution in [1.82, 2.24) is 5.43 Å². The third kappa shape index (κ3) is 4.54. The van der Waals surface area contributed by atoms with E-state index in [-0.39, 0.29) is 5.91 Å². The largest absolute Gasteiger partial charge is 0.481 e. The van der Waals surface area contributed by atoms with Crippen LogP contribution in [0.4, 0.5) is 0 Å². The Hall–Kier alpha value is -2.56. The first-order valence-corrected chi connectivity index (χ1v) is 8.72. The Morgan fingerprint density at radius 3 is 2.62 bits per heavy atom. The third-order valence-electron chi connectivity index (χ3n) is 3.74. The van der Waals surface area contributed by atoms with E-state index in [1.807, 2.05) is 42.5 Å². The maximum absolute atomic E-state index is 12.1. The molecule has 0 aliphatic heterocycles. The molecule has 1 atom stereocenters. The zero-order valence-corrected chi connectivity index (χ0v) is 15.5. The Bertz CT molecular complexity index is 973. The number of hydrazone groups is 1. The summed E-state index contributed by atoms with van der Waals surface area (Å²) in [4.78, 5) is 12.1. The molecular weight excluding hydrogens is 371 g/mol. The molecule has 26 heavy (non-hydrogen) atoms. The summed E-state index contributed by atoms with van der Waals surface area (Å²) in [5.74, 6) is 0.260. The number of amides is 1. The number of nitrogens with zero attached hydrogens (tertiary/aromatic N) is 1. The number of benzene rings is 3. The molecule has 0 spiro atoms. The van der Waals surface area contributed by atoms with Crippen LogP contribution in [0.2, 0.25) is 10.0 Å². The van der Waals surface area contributed by atoms with Crippen molar-refractivity contribution in [3.8, 4) is 5.75 Å². The van der Waals surface area contributed by atoms with E-state index in [1.165, 1.54) is 6.21 Å². The molecule has 0 bridgehead atoms. The number of fused-ring (bicyclic) bond motifs is 1. The molecule has 0 saturated carbocycles. The zero-order valence-electron chi connectivity index (χ0n) is 13.9. The van der Waals surface area contributed by atoms with E-state index >= 15 is 0 Å². The van der Waals surface area contributed by atoms with Gasteiger partial charge in [0.1, 0.15) is 5.75 Å². The summed E-state index contributed by atoms with van der Waals surface area (Å²) in [6, 6.07) is 18.7. The second-order valence-corrected chi connectivity index (χ2v) is 6.51. The minimum Gasteiger partial charge on any atom is -0.481 e. The molecule has 132 valence electrons. The number of carbonyl (C=O) groups excluding carboxylic acids is 1. The maximum Gasteiger partial charge on any atom is 0.280 e. The van der Waals surface area contributed by atoms with Crippen molar-refractivity contribution >= 4 is 46.1 Å². The van der Waals surface area contributed by atoms with Crippen LogP contribution in [-0.2, 0) is 4.79 Å². The van der Waals surface area contributed by atoms with Crippen LogP contribution < -0.4 is 10.2 Å². The molecule has 3 aromatic rings. The van der Waals surface area contributed by atoms with E-state index in [9.17, 15) is 4.79 Å². The van der Waals surface area contributed by atoms with E-state index in [0.717, 1.165) is 10.8 Å². The number of nitrogens with one attached hydrogen (secondary N) is 1. The normalized spacial score (nSPS) is 12.3. The third-order valence-corrected chi connectivity index (χ3v) is 4.31. The lowest BCUT2D eigenvalue weighted by molar-refractivity contribution is -0.127. The van der Waals surface area contributed by atoms with Gasteiger partial charge in [-0.1, -0.05) is 59.6 Å². The lowest BCUT2D eigenvalue weighted by Crippen LogP contribution is -2.33. The van der Waals surface area contributed by atoms with Crippen molar-refractivity contribution < 1.29 is 9.53 Å². The number of hydrogen-bond donors (Lipinski definition) is 1. The van der Waals surface area contributed by atoms with Crippen LogP contribution in [0.25, 0.3) is 10.8 Å². The van der Waals surface area contributed by atoms with Gasteiger partial charge >= 0.3 is 0 Å². The quantitative estimate of drug-likeness (QED) is 0.491. The van der Waals surface area contributed by atoms with Crippen LogP contribution in [0.5, 0.6) is 5.75 Å². The smallest absolute Gasteiger partial charge is 0.280 e. The molecule has 0 heterocycles. The Morgan fingerprint density at radius 2 is 1.85 bits per heavy atom. The number of hydrogen-bond acceptors (Lipinski definition) is 3. The van der Waals surface area contributed by atoms with E-state index in [0.29, 0.717) is 21.4 Å². The molecule has 0 aliphatic carbocycles. The van der Waals surface area contributed by atoms with Crippen molar-refractivity contribution in [3.05, 3.63) is 76.3 Å². The van der Waals surface area contributed by atoms with Gasteiger partial charge in [0.15, 0.2) is 6.10 Å². The molecule has 3 rings (SSSR count). The van der Waals surface area contributed by atoms with Gasteiger partial charge in [-0.3, -0.25) is 4.79 Å². The van der Waals surface area contributed by atoms with Crippen molar-refractivity contribution in [1.29, 1.82) is 0 Å². The molecule has 3 aromatic carbocycles. The number of rotatable bonds is 5. The molecular formula is C20H16Cl2N2O2. The number of carbonyl (C=O) groups is 1. The lowest BCUT2D eigenvalue weighted by atomic mass is 10.1. The highest BCUT2D eigenvalue weighted by Gasteiger charge is 2.14. The zero-order chi connectivity index (χ0) is 18.5. The minimum absolute atomic E-state index is 0.362. The van der Waals surface area contributed by atoms with Gasteiger partial charge in [-0.05, 0) is 42.0 Å². The van der Waals surface area contributed by atoms with Crippen LogP contribution in [-0.4, -0.2) is 18.2 Å². The SMILES string of the molecule is C[C@@H](Oc1ccc2ccccc2c1)C(=O)N/N=C\c1ccc(Cl)cc1Cl. The van der Waals surface area contributed by atoms with Gasteiger partial charge in [0.25, 0.3) is 5.91 Å². The fourth-order valence-electron chi connectivity index (χ4n) is 2.36. The summed E-state index contributed by atoms with van der Waals surface area (Å²) in [7, 11) is 0. The first-order valence-electron chi connectivity index (χ1n) is 7.96. The predicted molar refractivity (Wildman–Crippen MR) is 106 cm³/mol. The van der Waals surface area contributed by atoms with Crippen molar-refractivity contribution in [2.24, 2.45) is 5.10 Å². The van der Waals surface area contributed by atoms with E-state index in [2.05, 4.69) is 10.5 Å². The van der Waals surface area contributed by atoms with Crippen molar-refractivity contribution in [3.63, 3.8) is 0 Å². The standard InChI is InChI=1S/C20H16Cl2N2O2/c1-13(26-18-9-7-14-4-2-3-5-15(14)10-18)20(25)24-23-12-16-6-8-17(21)11-19(16)22/h2-13H,1H3,(H,24,25)/b23-12-/t13-/m1/s1. The first-order chi connectivity index (χ1) is 12.5. The molecule has 0 aromatic heterocycles. The highest BCUT2D eigenvalue weighted by Crippen LogP contribution is 2.21. The molecule has 0 saturated heterocycles. The van der Waals surface area contributed by atoms with Gasteiger partial charge < -0.3 is 4.74 Å². The fourth-order valence-corrected chi connectivity index (χ4v) is 2.82. The van der Waals surface area contributed by atoms with Crippen LogP contribution >= 0.6 is 23.2 Å². The van der Waals surface area contributed by atoms with E-state index < -0.39 is 6.10 Å². The molecule has 1 N–H and O–H groups in total. The molecule has 6 heteroatoms. The molecule has 0 aliphatic rings. The van der Waals surface area contributed by atoms with Crippen molar-refractivity contribution in [2.75, 3.05) is 0 Å².